The lowest BCUT2D eigenvalue weighted by Crippen LogP contribution is -2.29. The minimum Gasteiger partial charge on any atom is -0.295 e. The van der Waals surface area contributed by atoms with E-state index >= 15 is 0 Å². The molecule has 3 rings (SSSR count). The van der Waals surface area contributed by atoms with Crippen LogP contribution in [-0.2, 0) is 22.7 Å². The summed E-state index contributed by atoms with van der Waals surface area (Å²) in [6.45, 7) is 0.943. The Morgan fingerprint density at radius 3 is 2.86 bits per heavy atom. The number of benzene rings is 1. The fraction of sp³-hybridized carbons (Fsp3) is 0.200. The summed E-state index contributed by atoms with van der Waals surface area (Å²) in [5, 5.41) is 0.311. The van der Waals surface area contributed by atoms with E-state index in [1.807, 2.05) is 29.2 Å². The molecule has 1 aliphatic rings. The van der Waals surface area contributed by atoms with Crippen molar-refractivity contribution in [2.75, 3.05) is 0 Å². The van der Waals surface area contributed by atoms with Crippen LogP contribution in [0, 0.1) is 0 Å². The van der Waals surface area contributed by atoms with E-state index in [1.165, 1.54) is 6.20 Å². The first-order valence-corrected chi connectivity index (χ1v) is 6.84. The van der Waals surface area contributed by atoms with Gasteiger partial charge in [-0.25, -0.2) is 4.98 Å². The van der Waals surface area contributed by atoms with Gasteiger partial charge in [0.2, 0.25) is 5.78 Å². The van der Waals surface area contributed by atoms with Crippen LogP contribution >= 0.6 is 11.6 Å². The molecule has 0 spiro atoms. The van der Waals surface area contributed by atoms with Gasteiger partial charge in [0.1, 0.15) is 6.04 Å². The Morgan fingerprint density at radius 2 is 2.10 bits per heavy atom. The second kappa shape index (κ2) is 5.71. The summed E-state index contributed by atoms with van der Waals surface area (Å²) >= 11 is 6.02. The van der Waals surface area contributed by atoms with Crippen molar-refractivity contribution in [2.24, 2.45) is 0 Å². The maximum absolute atomic E-state index is 12.0. The van der Waals surface area contributed by atoms with Crippen LogP contribution in [0.3, 0.4) is 0 Å². The molecule has 106 valence electrons. The van der Waals surface area contributed by atoms with Crippen LogP contribution in [-0.4, -0.2) is 26.9 Å². The molecule has 0 saturated carbocycles. The fourth-order valence-corrected chi connectivity index (χ4v) is 2.81. The Balaban J connectivity index is 1.94. The molecule has 1 atom stereocenters. The number of fused-ring (bicyclic) bond motifs is 1. The van der Waals surface area contributed by atoms with E-state index in [-0.39, 0.29) is 0 Å². The van der Waals surface area contributed by atoms with Gasteiger partial charge in [0.05, 0.1) is 5.69 Å². The van der Waals surface area contributed by atoms with Crippen molar-refractivity contribution in [2.45, 2.75) is 19.1 Å². The zero-order valence-electron chi connectivity index (χ0n) is 11.1. The molecule has 0 fully saturated rings. The minimum absolute atomic E-state index is 0.311. The highest BCUT2D eigenvalue weighted by Crippen LogP contribution is 2.35. The molecule has 1 aliphatic heterocycles. The van der Waals surface area contributed by atoms with Crippen molar-refractivity contribution in [3.8, 4) is 0 Å². The van der Waals surface area contributed by atoms with Gasteiger partial charge in [-0.2, -0.15) is 0 Å². The van der Waals surface area contributed by atoms with Gasteiger partial charge in [-0.05, 0) is 11.1 Å². The van der Waals surface area contributed by atoms with Gasteiger partial charge < -0.3 is 0 Å². The average Bonchev–Trinajstić information content (AvgIpc) is 2.87. The summed E-state index contributed by atoms with van der Waals surface area (Å²) < 4.78 is 0. The van der Waals surface area contributed by atoms with Crippen LogP contribution in [0.1, 0.15) is 22.9 Å². The highest BCUT2D eigenvalue weighted by Gasteiger charge is 2.35. The van der Waals surface area contributed by atoms with E-state index < -0.39 is 11.8 Å². The van der Waals surface area contributed by atoms with Crippen molar-refractivity contribution < 1.29 is 9.59 Å². The summed E-state index contributed by atoms with van der Waals surface area (Å²) in [6, 6.07) is 7.04. The van der Waals surface area contributed by atoms with Crippen LogP contribution in [0.5, 0.6) is 0 Å². The zero-order valence-corrected chi connectivity index (χ0v) is 11.8. The molecule has 0 bridgehead atoms. The third-order valence-corrected chi connectivity index (χ3v) is 3.87. The average molecular weight is 302 g/mol. The second-order valence-corrected chi connectivity index (χ2v) is 5.18. The number of halogens is 1. The standard InChI is InChI=1S/C15H12ClN3O2/c16-15-12(17-5-6-18-15)8-19-7-10-3-1-2-4-11(10)14(19)13(21)9-20/h1-6,9,14H,7-8H2. The van der Waals surface area contributed by atoms with Gasteiger partial charge in [-0.1, -0.05) is 35.9 Å². The maximum Gasteiger partial charge on any atom is 0.216 e. The van der Waals surface area contributed by atoms with Crippen molar-refractivity contribution in [1.29, 1.82) is 0 Å². The first-order chi connectivity index (χ1) is 10.2. The molecule has 2 heterocycles. The fourth-order valence-electron chi connectivity index (χ4n) is 2.64. The monoisotopic (exact) mass is 301 g/mol. The summed E-state index contributed by atoms with van der Waals surface area (Å²) in [6.07, 6.45) is 3.44. The molecule has 0 saturated heterocycles. The predicted molar refractivity (Wildman–Crippen MR) is 76.5 cm³/mol. The molecule has 5 nitrogen and oxygen atoms in total. The first kappa shape index (κ1) is 13.9. The summed E-state index contributed by atoms with van der Waals surface area (Å²) in [5.74, 6) is -0.458. The first-order valence-electron chi connectivity index (χ1n) is 6.47. The molecule has 0 N–H and O–H groups in total. The molecule has 6 heteroatoms. The molecule has 1 aromatic carbocycles. The van der Waals surface area contributed by atoms with Crippen LogP contribution in [0.25, 0.3) is 0 Å². The molecular formula is C15H12ClN3O2. The van der Waals surface area contributed by atoms with E-state index in [0.29, 0.717) is 30.2 Å². The lowest BCUT2D eigenvalue weighted by atomic mass is 10.0. The number of hydrogen-bond donors (Lipinski definition) is 0. The smallest absolute Gasteiger partial charge is 0.216 e. The topological polar surface area (TPSA) is 63.2 Å². The minimum atomic E-state index is -0.572. The van der Waals surface area contributed by atoms with Crippen LogP contribution in [0.4, 0.5) is 0 Å². The summed E-state index contributed by atoms with van der Waals surface area (Å²) in [4.78, 5) is 33.0. The quantitative estimate of drug-likeness (QED) is 0.638. The Bertz CT molecular complexity index is 705. The molecule has 1 unspecified atom stereocenters. The van der Waals surface area contributed by atoms with Crippen LogP contribution < -0.4 is 0 Å². The summed E-state index contributed by atoms with van der Waals surface area (Å²) in [5.41, 5.74) is 2.50. The van der Waals surface area contributed by atoms with Gasteiger partial charge in [-0.15, -0.1) is 0 Å². The zero-order chi connectivity index (χ0) is 14.8. The molecule has 0 amide bonds. The van der Waals surface area contributed by atoms with Gasteiger partial charge in [0, 0.05) is 25.5 Å². The highest BCUT2D eigenvalue weighted by atomic mass is 35.5. The number of hydrogen-bond acceptors (Lipinski definition) is 5. The number of aldehydes is 1. The highest BCUT2D eigenvalue weighted by molar-refractivity contribution is 6.30. The predicted octanol–water partition coefficient (Wildman–Crippen LogP) is 1.95. The molecule has 2 aromatic rings. The molecule has 1 aromatic heterocycles. The lowest BCUT2D eigenvalue weighted by Gasteiger charge is -2.22. The number of ketones is 1. The van der Waals surface area contributed by atoms with Crippen molar-refractivity contribution in [3.63, 3.8) is 0 Å². The summed E-state index contributed by atoms with van der Waals surface area (Å²) in [7, 11) is 0. The van der Waals surface area contributed by atoms with E-state index in [2.05, 4.69) is 9.97 Å². The van der Waals surface area contributed by atoms with E-state index in [4.69, 9.17) is 11.6 Å². The van der Waals surface area contributed by atoms with Crippen LogP contribution in [0.2, 0.25) is 5.15 Å². The third kappa shape index (κ3) is 2.57. The van der Waals surface area contributed by atoms with Crippen LogP contribution in [0.15, 0.2) is 36.7 Å². The molecule has 0 radical (unpaired) electrons. The largest absolute Gasteiger partial charge is 0.295 e. The number of nitrogens with zero attached hydrogens (tertiary/aromatic N) is 3. The number of aromatic nitrogens is 2. The molecule has 21 heavy (non-hydrogen) atoms. The molecular weight excluding hydrogens is 290 g/mol. The van der Waals surface area contributed by atoms with E-state index in [9.17, 15) is 9.59 Å². The van der Waals surface area contributed by atoms with Crippen molar-refractivity contribution >= 4 is 23.7 Å². The normalized spacial score (nSPS) is 17.5. The third-order valence-electron chi connectivity index (χ3n) is 3.55. The lowest BCUT2D eigenvalue weighted by molar-refractivity contribution is -0.133. The van der Waals surface area contributed by atoms with E-state index in [1.54, 1.807) is 6.20 Å². The van der Waals surface area contributed by atoms with Gasteiger partial charge >= 0.3 is 0 Å². The maximum atomic E-state index is 12.0. The SMILES string of the molecule is O=CC(=O)C1c2ccccc2CN1Cc1nccnc1Cl. The number of Topliss-reactive ketones (excluding diaryl/α,β-unsaturated/α-hetero) is 1. The van der Waals surface area contributed by atoms with Gasteiger partial charge in [-0.3, -0.25) is 19.5 Å². The van der Waals surface area contributed by atoms with Gasteiger partial charge in [0.25, 0.3) is 0 Å². The number of carbonyl (C=O) groups is 2. The Morgan fingerprint density at radius 1 is 1.33 bits per heavy atom. The Hall–Kier alpha value is -2.11. The molecule has 0 aliphatic carbocycles. The Labute approximate surface area is 126 Å². The van der Waals surface area contributed by atoms with E-state index in [0.717, 1.165) is 11.1 Å². The number of rotatable bonds is 4. The van der Waals surface area contributed by atoms with Gasteiger partial charge in [0.15, 0.2) is 11.4 Å². The Kier molecular flexibility index (Phi) is 3.77. The van der Waals surface area contributed by atoms with Crippen molar-refractivity contribution in [3.05, 3.63) is 58.6 Å². The number of carbonyl (C=O) groups excluding carboxylic acids is 2. The van der Waals surface area contributed by atoms with Crippen molar-refractivity contribution in [1.82, 2.24) is 14.9 Å². The second-order valence-electron chi connectivity index (χ2n) is 4.82.